The molecular formula is C42H56N4O2S2Sb. The number of hydrogen-bond donors (Lipinski definition) is 2. The van der Waals surface area contributed by atoms with Gasteiger partial charge in [0.15, 0.2) is 0 Å². The summed E-state index contributed by atoms with van der Waals surface area (Å²) in [5.74, 6) is 1.43. The van der Waals surface area contributed by atoms with Crippen LogP contribution in [0, 0.1) is 12.8 Å². The quantitative estimate of drug-likeness (QED) is 0.0386. The predicted octanol–water partition coefficient (Wildman–Crippen LogP) is 9.54. The van der Waals surface area contributed by atoms with E-state index in [0.29, 0.717) is 18.0 Å². The number of hydrogen-bond acceptors (Lipinski definition) is 7. The number of thiazole rings is 1. The zero-order valence-corrected chi connectivity index (χ0v) is 35.8. The fraction of sp³-hybridized carbons (Fsp3) is 0.333. The van der Waals surface area contributed by atoms with Crippen molar-refractivity contribution in [2.24, 2.45) is 5.92 Å². The van der Waals surface area contributed by atoms with Crippen molar-refractivity contribution in [2.45, 2.75) is 59.3 Å². The smallest absolute Gasteiger partial charge is 0.813 e. The molecule has 1 radical (unpaired) electrons. The predicted molar refractivity (Wildman–Crippen MR) is 226 cm³/mol. The molecule has 0 aliphatic heterocycles. The summed E-state index contributed by atoms with van der Waals surface area (Å²) >= 11 is -0.260. The molecule has 4 aromatic rings. The summed E-state index contributed by atoms with van der Waals surface area (Å²) in [6.07, 6.45) is 10.2. The monoisotopic (exact) mass is 833 g/mol. The topological polar surface area (TPSA) is 66.5 Å². The Bertz CT molecular complexity index is 1680. The fourth-order valence-corrected chi connectivity index (χ4v) is 11.2. The average molecular weight is 835 g/mol. The Morgan fingerprint density at radius 3 is 2.39 bits per heavy atom. The first-order chi connectivity index (χ1) is 24.1. The van der Waals surface area contributed by atoms with Crippen LogP contribution in [0.2, 0.25) is 4.87 Å². The zero-order chi connectivity index (χ0) is 36.3. The van der Waals surface area contributed by atoms with Crippen LogP contribution in [0.1, 0.15) is 69.1 Å². The van der Waals surface area contributed by atoms with Gasteiger partial charge >= 0.3 is 198 Å². The summed E-state index contributed by atoms with van der Waals surface area (Å²) in [6.45, 7) is 15.6. The van der Waals surface area contributed by atoms with E-state index in [-0.39, 0.29) is 19.4 Å². The third-order valence-electron chi connectivity index (χ3n) is 7.87. The average Bonchev–Trinajstić information content (AvgIpc) is 3.59. The van der Waals surface area contributed by atoms with E-state index in [1.165, 1.54) is 14.6 Å². The van der Waals surface area contributed by atoms with E-state index in [9.17, 15) is 4.79 Å². The minimum absolute atomic E-state index is 0. The molecule has 0 spiro atoms. The molecule has 1 amide bonds. The number of carbonyl (C=O) groups excluding carboxylic acids is 1. The van der Waals surface area contributed by atoms with Gasteiger partial charge in [0, 0.05) is 11.0 Å². The van der Waals surface area contributed by atoms with Crippen LogP contribution in [0.25, 0.3) is 5.57 Å². The number of benzene rings is 3. The molecule has 4 rings (SSSR count). The number of nitrogens with zero attached hydrogens (tertiary/aromatic N) is 2. The van der Waals surface area contributed by atoms with Crippen LogP contribution in [0.5, 0.6) is 5.75 Å². The van der Waals surface area contributed by atoms with Gasteiger partial charge in [0.1, 0.15) is 0 Å². The summed E-state index contributed by atoms with van der Waals surface area (Å²) in [5.41, 5.74) is 6.13. The summed E-state index contributed by atoms with van der Waals surface area (Å²) in [6, 6.07) is 26.4. The SMILES string of the molecule is C/C=C\C=C(/C=C(C)CC)c1csc(Nc2cccc(C(=O)NCCC[N](CC(C)C)[Sb+]([CH3])[c]3ccc(OC)cc3)c2)n1.Cc1ccccc1.[SH-]. The summed E-state index contributed by atoms with van der Waals surface area (Å²) in [4.78, 5) is 20.3. The first-order valence-corrected chi connectivity index (χ1v) is 23.2. The minimum Gasteiger partial charge on any atom is -0.813 e. The molecule has 2 N–H and O–H groups in total. The Kier molecular flexibility index (Phi) is 20.7. The van der Waals surface area contributed by atoms with Crippen molar-refractivity contribution in [2.75, 3.05) is 32.1 Å². The van der Waals surface area contributed by atoms with Gasteiger partial charge in [0.2, 0.25) is 0 Å². The number of methoxy groups -OCH3 is 1. The van der Waals surface area contributed by atoms with Crippen LogP contribution < -0.4 is 18.9 Å². The van der Waals surface area contributed by atoms with E-state index in [2.05, 4.69) is 107 Å². The molecule has 9 heteroatoms. The van der Waals surface area contributed by atoms with Crippen LogP contribution in [-0.2, 0) is 13.5 Å². The van der Waals surface area contributed by atoms with E-state index in [0.717, 1.165) is 53.8 Å². The number of carbonyl (C=O) groups is 1. The van der Waals surface area contributed by atoms with Gasteiger partial charge in [-0.05, 0) is 27.2 Å². The van der Waals surface area contributed by atoms with E-state index >= 15 is 0 Å². The fourth-order valence-electron chi connectivity index (χ4n) is 4.95. The summed E-state index contributed by atoms with van der Waals surface area (Å²) in [5, 5.41) is 9.38. The van der Waals surface area contributed by atoms with Gasteiger partial charge in [-0.25, -0.2) is 0 Å². The van der Waals surface area contributed by atoms with E-state index in [4.69, 9.17) is 9.72 Å². The van der Waals surface area contributed by atoms with Crippen molar-refractivity contribution in [1.29, 1.82) is 0 Å². The van der Waals surface area contributed by atoms with Crippen LogP contribution in [0.15, 0.2) is 114 Å². The molecule has 0 atom stereocenters. The second-order valence-electron chi connectivity index (χ2n) is 12.5. The van der Waals surface area contributed by atoms with Gasteiger partial charge in [-0.1, -0.05) is 72.7 Å². The van der Waals surface area contributed by atoms with Gasteiger partial charge in [0.05, 0.1) is 5.69 Å². The van der Waals surface area contributed by atoms with Gasteiger partial charge < -0.3 is 13.5 Å². The second-order valence-corrected chi connectivity index (χ2v) is 19.5. The Hall–Kier alpha value is -3.29. The molecule has 1 heterocycles. The molecule has 0 saturated carbocycles. The first kappa shape index (κ1) is 43.9. The third kappa shape index (κ3) is 15.9. The van der Waals surface area contributed by atoms with E-state index < -0.39 is 20.5 Å². The number of amides is 1. The Morgan fingerprint density at radius 2 is 1.78 bits per heavy atom. The third-order valence-corrected chi connectivity index (χ3v) is 15.1. The minimum atomic E-state index is -1.82. The van der Waals surface area contributed by atoms with Crippen LogP contribution >= 0.6 is 11.3 Å². The molecule has 0 fully saturated rings. The van der Waals surface area contributed by atoms with Gasteiger partial charge in [-0.3, -0.25) is 0 Å². The zero-order valence-electron chi connectivity index (χ0n) is 31.5. The Labute approximate surface area is 325 Å². The van der Waals surface area contributed by atoms with Crippen molar-refractivity contribution in [3.63, 3.8) is 0 Å². The molecule has 0 saturated heterocycles. The number of anilines is 2. The molecule has 51 heavy (non-hydrogen) atoms. The summed E-state index contributed by atoms with van der Waals surface area (Å²) < 4.78 is 9.46. The number of aromatic nitrogens is 1. The first-order valence-electron chi connectivity index (χ1n) is 17.4. The van der Waals surface area contributed by atoms with E-state index in [1.807, 2.05) is 61.5 Å². The maximum atomic E-state index is 13.0. The van der Waals surface area contributed by atoms with E-state index in [1.54, 1.807) is 18.4 Å². The van der Waals surface area contributed by atoms with Crippen molar-refractivity contribution in [3.8, 4) is 5.75 Å². The van der Waals surface area contributed by atoms with Crippen LogP contribution in [0.4, 0.5) is 10.8 Å². The number of rotatable bonds is 16. The molecule has 0 aliphatic carbocycles. The molecular weight excluding hydrogens is 778 g/mol. The second kappa shape index (κ2) is 24.0. The molecule has 273 valence electrons. The molecule has 0 bridgehead atoms. The van der Waals surface area contributed by atoms with Crippen molar-refractivity contribution >= 4 is 71.1 Å². The molecule has 1 aromatic heterocycles. The number of nitrogens with one attached hydrogen (secondary N) is 2. The summed E-state index contributed by atoms with van der Waals surface area (Å²) in [7, 11) is 1.70. The number of aryl methyl sites for hydroxylation is 1. The molecule has 6 nitrogen and oxygen atoms in total. The maximum absolute atomic E-state index is 13.0. The van der Waals surface area contributed by atoms with Crippen molar-refractivity contribution in [3.05, 3.63) is 131 Å². The molecule has 0 unspecified atom stereocenters. The van der Waals surface area contributed by atoms with Gasteiger partial charge in [-0.2, -0.15) is 0 Å². The Balaban J connectivity index is 0.00000100. The number of ether oxygens (including phenoxy) is 1. The van der Waals surface area contributed by atoms with Gasteiger partial charge in [0.25, 0.3) is 0 Å². The Morgan fingerprint density at radius 1 is 1.06 bits per heavy atom. The van der Waals surface area contributed by atoms with Crippen molar-refractivity contribution in [1.82, 2.24) is 13.4 Å². The van der Waals surface area contributed by atoms with Gasteiger partial charge in [-0.15, -0.1) is 0 Å². The molecule has 0 aliphatic rings. The van der Waals surface area contributed by atoms with Crippen LogP contribution in [0.3, 0.4) is 0 Å². The normalized spacial score (nSPS) is 11.7. The van der Waals surface area contributed by atoms with Crippen molar-refractivity contribution < 1.29 is 9.53 Å². The number of thiol groups is 1. The standard InChI is InChI=1S/C27H37N4OS.C7H7O.C7H8.CH3.H2S.Sb/c1-6-8-11-22(16-21(5)7-2)25-19-33-27(31-25)30-24-13-9-12-23(17-24)26(32)29-15-10-14-28-18-20(3)4;1-8-7-5-3-2-4-6-7;1-7-5-3-2-4-6-7;;;/h6,8-9,11-13,16-17,19-20H,7,10,14-15,18H2,1-5H3,(H,29,32)(H,30,31);3-6H,1H3;2-6H,1H3;1H3;1H2;/q-1;;;;;+2/p-1/b8-6-,21-16?,22-11+;;;;;. The number of allylic oxidation sites excluding steroid dienone is 6. The molecule has 3 aromatic carbocycles. The van der Waals surface area contributed by atoms with Crippen LogP contribution in [-0.4, -0.2) is 61.2 Å².